The fraction of sp³-hybridized carbons (Fsp3) is 0.406. The zero-order valence-corrected chi connectivity index (χ0v) is 26.2. The standard InChI is InChI=1S/C30H34F6N6O.C2H3F3/c1-40(38)39-28(37)42(19-21-7-6-10-24(17-21)29(31,32)33)20-23-18-25(30(34,35)36)11-12-26(23)27(41-13-15-43-16-14-41)22-8-4-2-3-5-9-22;1-2(3,4)5/h2-8,10-12,17-18,27H,9,13-16,19-20,38H2,1H3,(H2,37,39);1H3. The van der Waals surface area contributed by atoms with Crippen molar-refractivity contribution < 1.29 is 44.3 Å². The minimum absolute atomic E-state index is 0.167. The Morgan fingerprint density at radius 1 is 0.896 bits per heavy atom. The molecule has 7 nitrogen and oxygen atoms in total. The molecule has 0 amide bonds. The van der Waals surface area contributed by atoms with Gasteiger partial charge in [-0.3, -0.25) is 4.90 Å². The SMILES string of the molecule is CC(F)(F)F.CN(N)/N=C(\N)N(Cc1cccc(C(F)(F)F)c1)Cc1cc(C(F)(F)F)ccc1C(C1=CC=CC=CC1)N1CCOCC1. The highest BCUT2D eigenvalue weighted by Crippen LogP contribution is 2.38. The van der Waals surface area contributed by atoms with Crippen LogP contribution in [-0.2, 0) is 30.2 Å². The van der Waals surface area contributed by atoms with Crippen LogP contribution < -0.4 is 11.6 Å². The third-order valence-electron chi connectivity index (χ3n) is 7.12. The molecule has 1 fully saturated rings. The molecule has 2 aromatic rings. The monoisotopic (exact) mass is 692 g/mol. The second-order valence-electron chi connectivity index (χ2n) is 11.1. The third kappa shape index (κ3) is 12.2. The molecule has 0 spiro atoms. The molecule has 1 heterocycles. The van der Waals surface area contributed by atoms with Crippen molar-refractivity contribution in [2.45, 2.75) is 51.0 Å². The number of hydrogen-bond donors (Lipinski definition) is 2. The molecule has 0 saturated carbocycles. The second kappa shape index (κ2) is 16.4. The van der Waals surface area contributed by atoms with Gasteiger partial charge in [-0.2, -0.15) is 39.5 Å². The second-order valence-corrected chi connectivity index (χ2v) is 11.1. The number of rotatable bonds is 8. The summed E-state index contributed by atoms with van der Waals surface area (Å²) in [5.41, 5.74) is 6.67. The average Bonchev–Trinajstić information content (AvgIpc) is 3.26. The van der Waals surface area contributed by atoms with Crippen LogP contribution in [-0.4, -0.2) is 60.4 Å². The predicted octanol–water partition coefficient (Wildman–Crippen LogP) is 7.15. The van der Waals surface area contributed by atoms with E-state index in [1.807, 2.05) is 30.4 Å². The Bertz CT molecular complexity index is 1470. The van der Waals surface area contributed by atoms with Crippen molar-refractivity contribution in [1.82, 2.24) is 14.9 Å². The molecule has 2 aliphatic rings. The lowest BCUT2D eigenvalue weighted by atomic mass is 9.89. The maximum atomic E-state index is 14.0. The number of hydrazone groups is 1. The van der Waals surface area contributed by atoms with E-state index in [1.165, 1.54) is 30.1 Å². The Morgan fingerprint density at radius 3 is 2.12 bits per heavy atom. The summed E-state index contributed by atoms with van der Waals surface area (Å²) in [6.45, 7) is 1.90. The molecule has 1 aliphatic heterocycles. The maximum absolute atomic E-state index is 14.0. The number of alkyl halides is 9. The number of guanidine groups is 1. The lowest BCUT2D eigenvalue weighted by Gasteiger charge is -2.38. The van der Waals surface area contributed by atoms with Crippen molar-refractivity contribution in [3.63, 3.8) is 0 Å². The number of nitrogens with zero attached hydrogens (tertiary/aromatic N) is 4. The summed E-state index contributed by atoms with van der Waals surface area (Å²) in [7, 11) is 1.40. The van der Waals surface area contributed by atoms with Crippen molar-refractivity contribution >= 4 is 5.96 Å². The van der Waals surface area contributed by atoms with Crippen molar-refractivity contribution in [2.24, 2.45) is 16.7 Å². The molecule has 0 aromatic heterocycles. The molecule has 1 saturated heterocycles. The smallest absolute Gasteiger partial charge is 0.379 e. The quantitative estimate of drug-likeness (QED) is 0.101. The summed E-state index contributed by atoms with van der Waals surface area (Å²) < 4.78 is 119. The van der Waals surface area contributed by atoms with E-state index in [-0.39, 0.29) is 37.6 Å². The van der Waals surface area contributed by atoms with E-state index in [0.717, 1.165) is 35.0 Å². The highest BCUT2D eigenvalue weighted by Gasteiger charge is 2.34. The summed E-state index contributed by atoms with van der Waals surface area (Å²) in [5.74, 6) is 5.50. The number of hydrazine groups is 1. The minimum Gasteiger partial charge on any atom is -0.379 e. The van der Waals surface area contributed by atoms with E-state index in [1.54, 1.807) is 0 Å². The van der Waals surface area contributed by atoms with E-state index >= 15 is 0 Å². The zero-order valence-electron chi connectivity index (χ0n) is 26.2. The Hall–Kier alpha value is -4.02. The van der Waals surface area contributed by atoms with Crippen LogP contribution in [0.5, 0.6) is 0 Å². The lowest BCUT2D eigenvalue weighted by molar-refractivity contribution is -0.138. The van der Waals surface area contributed by atoms with E-state index in [0.29, 0.717) is 43.9 Å². The van der Waals surface area contributed by atoms with Gasteiger partial charge in [0.15, 0.2) is 0 Å². The maximum Gasteiger partial charge on any atom is 0.416 e. The Labute approximate surface area is 272 Å². The van der Waals surface area contributed by atoms with Crippen molar-refractivity contribution in [1.29, 1.82) is 0 Å². The van der Waals surface area contributed by atoms with Gasteiger partial charge in [0.1, 0.15) is 0 Å². The molecule has 4 rings (SSSR count). The van der Waals surface area contributed by atoms with Crippen LogP contribution in [0.4, 0.5) is 39.5 Å². The van der Waals surface area contributed by atoms with Gasteiger partial charge in [0.2, 0.25) is 5.96 Å². The predicted molar refractivity (Wildman–Crippen MR) is 164 cm³/mol. The topological polar surface area (TPSA) is 83.3 Å². The number of ether oxygens (including phenoxy) is 1. The van der Waals surface area contributed by atoms with Crippen LogP contribution in [0, 0.1) is 0 Å². The first-order chi connectivity index (χ1) is 22.3. The molecule has 2 aromatic carbocycles. The molecule has 0 radical (unpaired) electrons. The van der Waals surface area contributed by atoms with Crippen molar-refractivity contribution in [3.8, 4) is 0 Å². The minimum atomic E-state index is -4.63. The lowest BCUT2D eigenvalue weighted by Crippen LogP contribution is -2.41. The number of benzene rings is 2. The van der Waals surface area contributed by atoms with Crippen LogP contribution in [0.1, 0.15) is 47.2 Å². The molecule has 16 heteroatoms. The summed E-state index contributed by atoms with van der Waals surface area (Å²) in [6, 6.07) is 7.89. The largest absolute Gasteiger partial charge is 0.416 e. The zero-order chi connectivity index (χ0) is 35.7. The van der Waals surface area contributed by atoms with Gasteiger partial charge in [0.25, 0.3) is 0 Å². The van der Waals surface area contributed by atoms with Crippen LogP contribution >= 0.6 is 0 Å². The summed E-state index contributed by atoms with van der Waals surface area (Å²) in [6.07, 6.45) is -3.01. The molecule has 264 valence electrons. The number of nitrogens with two attached hydrogens (primary N) is 2. The van der Waals surface area contributed by atoms with E-state index < -0.39 is 29.7 Å². The molecule has 1 atom stereocenters. The van der Waals surface area contributed by atoms with Crippen molar-refractivity contribution in [2.75, 3.05) is 33.4 Å². The van der Waals surface area contributed by atoms with Gasteiger partial charge in [0.05, 0.1) is 30.4 Å². The fourth-order valence-electron chi connectivity index (χ4n) is 5.16. The molecular weight excluding hydrogens is 655 g/mol. The van der Waals surface area contributed by atoms with Gasteiger partial charge in [-0.05, 0) is 52.9 Å². The van der Waals surface area contributed by atoms with Crippen LogP contribution in [0.25, 0.3) is 0 Å². The van der Waals surface area contributed by atoms with Gasteiger partial charge in [-0.1, -0.05) is 48.6 Å². The number of hydrogen-bond acceptors (Lipinski definition) is 5. The van der Waals surface area contributed by atoms with Crippen LogP contribution in [0.3, 0.4) is 0 Å². The Kier molecular flexibility index (Phi) is 13.1. The van der Waals surface area contributed by atoms with Gasteiger partial charge < -0.3 is 15.4 Å². The van der Waals surface area contributed by atoms with Gasteiger partial charge in [0, 0.05) is 40.2 Å². The summed E-state index contributed by atoms with van der Waals surface area (Å²) in [4.78, 5) is 3.58. The third-order valence-corrected chi connectivity index (χ3v) is 7.12. The molecule has 48 heavy (non-hydrogen) atoms. The van der Waals surface area contributed by atoms with Gasteiger partial charge >= 0.3 is 18.5 Å². The highest BCUT2D eigenvalue weighted by molar-refractivity contribution is 5.78. The number of morpholine rings is 1. The van der Waals surface area contributed by atoms with Crippen LogP contribution in [0.15, 0.2) is 83.5 Å². The van der Waals surface area contributed by atoms with Gasteiger partial charge in [-0.15, -0.1) is 5.10 Å². The number of halogens is 9. The van der Waals surface area contributed by atoms with Gasteiger partial charge in [-0.25, -0.2) is 11.0 Å². The molecule has 4 N–H and O–H groups in total. The normalized spacial score (nSPS) is 16.8. The van der Waals surface area contributed by atoms with E-state index in [2.05, 4.69) is 10.0 Å². The van der Waals surface area contributed by atoms with E-state index in [9.17, 15) is 39.5 Å². The average molecular weight is 693 g/mol. The van der Waals surface area contributed by atoms with Crippen molar-refractivity contribution in [3.05, 3.63) is 106 Å². The Balaban J connectivity index is 0.00000116. The first-order valence-electron chi connectivity index (χ1n) is 14.7. The first kappa shape index (κ1) is 38.4. The summed E-state index contributed by atoms with van der Waals surface area (Å²) in [5, 5.41) is 4.93. The number of allylic oxidation sites excluding steroid dienone is 5. The Morgan fingerprint density at radius 2 is 1.52 bits per heavy atom. The fourth-order valence-corrected chi connectivity index (χ4v) is 5.16. The first-order valence-corrected chi connectivity index (χ1v) is 14.7. The molecule has 0 bridgehead atoms. The molecular formula is C32H37F9N6O. The highest BCUT2D eigenvalue weighted by atomic mass is 19.4. The van der Waals surface area contributed by atoms with Crippen LogP contribution in [0.2, 0.25) is 0 Å². The molecule has 1 aliphatic carbocycles. The summed E-state index contributed by atoms with van der Waals surface area (Å²) >= 11 is 0. The van der Waals surface area contributed by atoms with E-state index in [4.69, 9.17) is 16.3 Å². The molecule has 1 unspecified atom stereocenters.